The zero-order valence-corrected chi connectivity index (χ0v) is 8.71. The largest absolute Gasteiger partial charge is 0.381 e. The number of carbonyl (C=O) groups is 1. The third-order valence-corrected chi connectivity index (χ3v) is 1.65. The molecule has 3 nitrogen and oxygen atoms in total. The molecule has 0 bridgehead atoms. The van der Waals surface area contributed by atoms with Crippen LogP contribution < -0.4 is 0 Å². The second-order valence-corrected chi connectivity index (χ2v) is 3.60. The van der Waals surface area contributed by atoms with Crippen molar-refractivity contribution in [2.75, 3.05) is 13.1 Å². The van der Waals surface area contributed by atoms with Crippen molar-refractivity contribution in [1.29, 1.82) is 0 Å². The predicted molar refractivity (Wildman–Crippen MR) is 53.4 cm³/mol. The number of rotatable bonds is 5. The standard InChI is InChI=1S/C10H19NO2/c1-5-7-11(8-6-2)9(12)10(3,4)13/h5,13H,1,6-8H2,2-4H3. The molecule has 0 aliphatic heterocycles. The number of amides is 1. The first kappa shape index (κ1) is 12.2. The minimum atomic E-state index is -1.28. The summed E-state index contributed by atoms with van der Waals surface area (Å²) in [4.78, 5) is 13.2. The number of nitrogens with zero attached hydrogens (tertiary/aromatic N) is 1. The Morgan fingerprint density at radius 1 is 1.62 bits per heavy atom. The Labute approximate surface area is 80.0 Å². The van der Waals surface area contributed by atoms with Crippen molar-refractivity contribution < 1.29 is 9.90 Å². The number of aliphatic hydroxyl groups is 1. The van der Waals surface area contributed by atoms with Crippen LogP contribution in [0.4, 0.5) is 0 Å². The van der Waals surface area contributed by atoms with Gasteiger partial charge in [0.15, 0.2) is 0 Å². The molecule has 0 aromatic carbocycles. The maximum Gasteiger partial charge on any atom is 0.254 e. The van der Waals surface area contributed by atoms with Crippen LogP contribution in [0, 0.1) is 0 Å². The van der Waals surface area contributed by atoms with Gasteiger partial charge in [-0.25, -0.2) is 0 Å². The van der Waals surface area contributed by atoms with E-state index in [4.69, 9.17) is 0 Å². The van der Waals surface area contributed by atoms with E-state index in [1.165, 1.54) is 13.8 Å². The Bertz CT molecular complexity index is 182. The Morgan fingerprint density at radius 3 is 2.46 bits per heavy atom. The van der Waals surface area contributed by atoms with Crippen molar-refractivity contribution in [1.82, 2.24) is 4.90 Å². The van der Waals surface area contributed by atoms with Gasteiger partial charge in [-0.15, -0.1) is 6.58 Å². The molecule has 0 aliphatic carbocycles. The van der Waals surface area contributed by atoms with Crippen molar-refractivity contribution in [2.45, 2.75) is 32.8 Å². The summed E-state index contributed by atoms with van der Waals surface area (Å²) < 4.78 is 0. The van der Waals surface area contributed by atoms with Crippen molar-refractivity contribution in [2.24, 2.45) is 0 Å². The van der Waals surface area contributed by atoms with E-state index in [0.29, 0.717) is 13.1 Å². The van der Waals surface area contributed by atoms with Gasteiger partial charge in [0.1, 0.15) is 5.60 Å². The average Bonchev–Trinajstić information content (AvgIpc) is 2.01. The molecular weight excluding hydrogens is 166 g/mol. The molecule has 3 heteroatoms. The van der Waals surface area contributed by atoms with E-state index in [-0.39, 0.29) is 5.91 Å². The highest BCUT2D eigenvalue weighted by Gasteiger charge is 2.27. The van der Waals surface area contributed by atoms with E-state index < -0.39 is 5.60 Å². The maximum atomic E-state index is 11.6. The van der Waals surface area contributed by atoms with E-state index in [9.17, 15) is 9.90 Å². The summed E-state index contributed by atoms with van der Waals surface area (Å²) in [5.74, 6) is -0.241. The lowest BCUT2D eigenvalue weighted by Crippen LogP contribution is -2.45. The molecule has 76 valence electrons. The van der Waals surface area contributed by atoms with Crippen LogP contribution in [0.15, 0.2) is 12.7 Å². The van der Waals surface area contributed by atoms with Crippen LogP contribution >= 0.6 is 0 Å². The summed E-state index contributed by atoms with van der Waals surface area (Å²) in [5, 5.41) is 9.48. The first-order chi connectivity index (χ1) is 5.93. The number of hydrogen-bond acceptors (Lipinski definition) is 2. The monoisotopic (exact) mass is 185 g/mol. The summed E-state index contributed by atoms with van der Waals surface area (Å²) in [6.45, 7) is 9.73. The molecule has 0 rings (SSSR count). The molecule has 0 aromatic rings. The molecule has 13 heavy (non-hydrogen) atoms. The highest BCUT2D eigenvalue weighted by molar-refractivity contribution is 5.84. The van der Waals surface area contributed by atoms with Crippen molar-refractivity contribution >= 4 is 5.91 Å². The highest BCUT2D eigenvalue weighted by atomic mass is 16.3. The zero-order chi connectivity index (χ0) is 10.5. The van der Waals surface area contributed by atoms with Crippen molar-refractivity contribution in [3.63, 3.8) is 0 Å². The molecule has 0 spiro atoms. The Morgan fingerprint density at radius 2 is 2.15 bits per heavy atom. The lowest BCUT2D eigenvalue weighted by molar-refractivity contribution is -0.147. The lowest BCUT2D eigenvalue weighted by Gasteiger charge is -2.27. The third kappa shape index (κ3) is 4.08. The van der Waals surface area contributed by atoms with Gasteiger partial charge in [-0.3, -0.25) is 4.79 Å². The van der Waals surface area contributed by atoms with Gasteiger partial charge in [-0.05, 0) is 20.3 Å². The molecule has 0 saturated heterocycles. The van der Waals surface area contributed by atoms with Gasteiger partial charge in [-0.1, -0.05) is 13.0 Å². The summed E-state index contributed by atoms with van der Waals surface area (Å²) in [5.41, 5.74) is -1.28. The van der Waals surface area contributed by atoms with Crippen molar-refractivity contribution in [3.05, 3.63) is 12.7 Å². The highest BCUT2D eigenvalue weighted by Crippen LogP contribution is 2.07. The van der Waals surface area contributed by atoms with Crippen molar-refractivity contribution in [3.8, 4) is 0 Å². The average molecular weight is 185 g/mol. The fraction of sp³-hybridized carbons (Fsp3) is 0.700. The third-order valence-electron chi connectivity index (χ3n) is 1.65. The van der Waals surface area contributed by atoms with E-state index in [1.807, 2.05) is 6.92 Å². The summed E-state index contributed by atoms with van der Waals surface area (Å²) >= 11 is 0. The number of carbonyl (C=O) groups excluding carboxylic acids is 1. The van der Waals surface area contributed by atoms with Gasteiger partial charge in [0.2, 0.25) is 0 Å². The van der Waals surface area contributed by atoms with E-state index >= 15 is 0 Å². The quantitative estimate of drug-likeness (QED) is 0.653. The van der Waals surface area contributed by atoms with Crippen LogP contribution in [-0.2, 0) is 4.79 Å². The molecule has 0 radical (unpaired) electrons. The summed E-state index contributed by atoms with van der Waals surface area (Å²) in [6, 6.07) is 0. The molecule has 0 unspecified atom stereocenters. The molecule has 0 heterocycles. The molecule has 1 amide bonds. The Kier molecular flexibility index (Phi) is 4.70. The maximum absolute atomic E-state index is 11.6. The van der Waals surface area contributed by atoms with Crippen LogP contribution in [0.1, 0.15) is 27.2 Å². The fourth-order valence-electron chi connectivity index (χ4n) is 1.09. The van der Waals surface area contributed by atoms with Gasteiger partial charge in [0.25, 0.3) is 5.91 Å². The Balaban J connectivity index is 4.36. The van der Waals surface area contributed by atoms with Crippen LogP contribution in [0.2, 0.25) is 0 Å². The van der Waals surface area contributed by atoms with Crippen LogP contribution in [0.3, 0.4) is 0 Å². The molecule has 0 aliphatic rings. The Hall–Kier alpha value is -0.830. The van der Waals surface area contributed by atoms with Gasteiger partial charge in [0, 0.05) is 13.1 Å². The van der Waals surface area contributed by atoms with Crippen LogP contribution in [0.25, 0.3) is 0 Å². The summed E-state index contributed by atoms with van der Waals surface area (Å²) in [7, 11) is 0. The van der Waals surface area contributed by atoms with Gasteiger partial charge in [0.05, 0.1) is 0 Å². The lowest BCUT2D eigenvalue weighted by atomic mass is 10.1. The molecule has 0 saturated carbocycles. The van der Waals surface area contributed by atoms with Gasteiger partial charge >= 0.3 is 0 Å². The second-order valence-electron chi connectivity index (χ2n) is 3.60. The molecule has 0 atom stereocenters. The van der Waals surface area contributed by atoms with E-state index in [0.717, 1.165) is 6.42 Å². The molecule has 0 aromatic heterocycles. The van der Waals surface area contributed by atoms with Gasteiger partial charge in [-0.2, -0.15) is 0 Å². The van der Waals surface area contributed by atoms with Gasteiger partial charge < -0.3 is 10.0 Å². The van der Waals surface area contributed by atoms with E-state index in [1.54, 1.807) is 11.0 Å². The minimum Gasteiger partial charge on any atom is -0.381 e. The molecular formula is C10H19NO2. The smallest absolute Gasteiger partial charge is 0.254 e. The SMILES string of the molecule is C=CCN(CCC)C(=O)C(C)(C)O. The first-order valence-corrected chi connectivity index (χ1v) is 4.56. The second kappa shape index (κ2) is 5.02. The fourth-order valence-corrected chi connectivity index (χ4v) is 1.09. The van der Waals surface area contributed by atoms with E-state index in [2.05, 4.69) is 6.58 Å². The topological polar surface area (TPSA) is 40.5 Å². The van der Waals surface area contributed by atoms with Crippen LogP contribution in [-0.4, -0.2) is 34.6 Å². The molecule has 0 fully saturated rings. The minimum absolute atomic E-state index is 0.241. The first-order valence-electron chi connectivity index (χ1n) is 4.56. The zero-order valence-electron chi connectivity index (χ0n) is 8.71. The predicted octanol–water partition coefficient (Wildman–Crippen LogP) is 1.18. The summed E-state index contributed by atoms with van der Waals surface area (Å²) in [6.07, 6.45) is 2.55. The normalized spacial score (nSPS) is 11.1. The number of hydrogen-bond donors (Lipinski definition) is 1. The van der Waals surface area contributed by atoms with Crippen LogP contribution in [0.5, 0.6) is 0 Å². The molecule has 1 N–H and O–H groups in total.